The number of rotatable bonds is 5. The van der Waals surface area contributed by atoms with Crippen molar-refractivity contribution in [3.63, 3.8) is 0 Å². The van der Waals surface area contributed by atoms with E-state index in [4.69, 9.17) is 0 Å². The van der Waals surface area contributed by atoms with Gasteiger partial charge in [0, 0.05) is 38.4 Å². The van der Waals surface area contributed by atoms with E-state index in [1.165, 1.54) is 25.7 Å². The molecule has 3 rings (SSSR count). The van der Waals surface area contributed by atoms with Crippen molar-refractivity contribution < 1.29 is 4.79 Å². The van der Waals surface area contributed by atoms with Crippen molar-refractivity contribution in [3.8, 4) is 0 Å². The van der Waals surface area contributed by atoms with E-state index in [-0.39, 0.29) is 6.03 Å². The van der Waals surface area contributed by atoms with Crippen molar-refractivity contribution in [3.05, 3.63) is 29.8 Å². The number of nitrogens with zero attached hydrogens (tertiary/aromatic N) is 2. The van der Waals surface area contributed by atoms with Gasteiger partial charge in [-0.05, 0) is 68.1 Å². The lowest BCUT2D eigenvalue weighted by atomic mass is 9.80. The van der Waals surface area contributed by atoms with Gasteiger partial charge in [-0.25, -0.2) is 4.79 Å². The zero-order chi connectivity index (χ0) is 20.6. The maximum Gasteiger partial charge on any atom is 0.321 e. The largest absolute Gasteiger partial charge is 0.354 e. The van der Waals surface area contributed by atoms with Crippen LogP contribution >= 0.6 is 0 Å². The van der Waals surface area contributed by atoms with Gasteiger partial charge >= 0.3 is 6.03 Å². The molecule has 2 fully saturated rings. The average molecular weight is 400 g/mol. The van der Waals surface area contributed by atoms with Crippen LogP contribution in [0.5, 0.6) is 0 Å². The number of guanidine groups is 1. The van der Waals surface area contributed by atoms with Crippen LogP contribution in [0.2, 0.25) is 0 Å². The minimum Gasteiger partial charge on any atom is -0.354 e. The molecular weight excluding hydrogens is 362 g/mol. The van der Waals surface area contributed by atoms with Gasteiger partial charge in [-0.15, -0.1) is 0 Å². The molecule has 0 spiro atoms. The fourth-order valence-corrected chi connectivity index (χ4v) is 4.39. The fourth-order valence-electron chi connectivity index (χ4n) is 4.39. The smallest absolute Gasteiger partial charge is 0.321 e. The maximum atomic E-state index is 12.3. The quantitative estimate of drug-likeness (QED) is 0.514. The summed E-state index contributed by atoms with van der Waals surface area (Å²) in [5.41, 5.74) is 1.96. The number of likely N-dealkylation sites (tertiary alicyclic amines) is 1. The number of carbonyl (C=O) groups excluding carboxylic acids is 1. The lowest BCUT2D eigenvalue weighted by Gasteiger charge is -2.32. The molecule has 29 heavy (non-hydrogen) atoms. The molecule has 1 aliphatic heterocycles. The third kappa shape index (κ3) is 6.38. The number of carbonyl (C=O) groups is 1. The number of nitrogens with one attached hydrogen (secondary N) is 3. The van der Waals surface area contributed by atoms with E-state index in [0.717, 1.165) is 55.0 Å². The lowest BCUT2D eigenvalue weighted by molar-refractivity contribution is 0.222. The SMILES string of the molecule is CN=C(NCc1cccc(NC(=O)N2CCCC2)c1)NC1CCC(C(C)C)CC1. The Morgan fingerprint density at radius 3 is 2.55 bits per heavy atom. The molecule has 1 aromatic carbocycles. The monoisotopic (exact) mass is 399 g/mol. The summed E-state index contributed by atoms with van der Waals surface area (Å²) in [6, 6.07) is 8.53. The summed E-state index contributed by atoms with van der Waals surface area (Å²) in [4.78, 5) is 18.6. The van der Waals surface area contributed by atoms with Gasteiger partial charge in [-0.1, -0.05) is 26.0 Å². The van der Waals surface area contributed by atoms with Gasteiger partial charge in [0.25, 0.3) is 0 Å². The zero-order valence-electron chi connectivity index (χ0n) is 18.2. The molecule has 0 bridgehead atoms. The average Bonchev–Trinajstić information content (AvgIpc) is 3.27. The highest BCUT2D eigenvalue weighted by Crippen LogP contribution is 2.29. The first-order valence-electron chi connectivity index (χ1n) is 11.2. The van der Waals surface area contributed by atoms with Crippen molar-refractivity contribution in [1.82, 2.24) is 15.5 Å². The van der Waals surface area contributed by atoms with Crippen molar-refractivity contribution in [1.29, 1.82) is 0 Å². The number of hydrogen-bond donors (Lipinski definition) is 3. The zero-order valence-corrected chi connectivity index (χ0v) is 18.2. The Balaban J connectivity index is 1.46. The molecule has 0 atom stereocenters. The van der Waals surface area contributed by atoms with Crippen molar-refractivity contribution >= 4 is 17.7 Å². The summed E-state index contributed by atoms with van der Waals surface area (Å²) in [6.45, 7) is 7.05. The highest BCUT2D eigenvalue weighted by Gasteiger charge is 2.23. The molecule has 3 N–H and O–H groups in total. The van der Waals surface area contributed by atoms with Crippen LogP contribution in [0.3, 0.4) is 0 Å². The molecule has 6 nitrogen and oxygen atoms in total. The summed E-state index contributed by atoms with van der Waals surface area (Å²) in [7, 11) is 1.82. The first kappa shape index (κ1) is 21.5. The first-order chi connectivity index (χ1) is 14.0. The summed E-state index contributed by atoms with van der Waals surface area (Å²) in [6.07, 6.45) is 7.21. The van der Waals surface area contributed by atoms with Crippen LogP contribution in [0.1, 0.15) is 57.9 Å². The molecule has 1 heterocycles. The van der Waals surface area contributed by atoms with Crippen LogP contribution in [0.25, 0.3) is 0 Å². The Morgan fingerprint density at radius 1 is 1.17 bits per heavy atom. The maximum absolute atomic E-state index is 12.3. The second-order valence-corrected chi connectivity index (χ2v) is 8.75. The summed E-state index contributed by atoms with van der Waals surface area (Å²) >= 11 is 0. The van der Waals surface area contributed by atoms with Crippen molar-refractivity contribution in [2.24, 2.45) is 16.8 Å². The van der Waals surface area contributed by atoms with Gasteiger partial charge in [0.1, 0.15) is 0 Å². The predicted octanol–water partition coefficient (Wildman–Crippen LogP) is 4.19. The molecule has 1 saturated heterocycles. The number of amides is 2. The Bertz CT molecular complexity index is 688. The van der Waals surface area contributed by atoms with Crippen LogP contribution in [-0.2, 0) is 6.54 Å². The second-order valence-electron chi connectivity index (χ2n) is 8.75. The standard InChI is InChI=1S/C23H37N5O/c1-17(2)19-9-11-20(12-10-19)26-22(24-3)25-16-18-7-6-8-21(15-18)27-23(29)28-13-4-5-14-28/h6-8,15,17,19-20H,4-5,9-14,16H2,1-3H3,(H,27,29)(H2,24,25,26). The van der Waals surface area contributed by atoms with Gasteiger partial charge in [0.2, 0.25) is 0 Å². The summed E-state index contributed by atoms with van der Waals surface area (Å²) in [5.74, 6) is 2.50. The number of hydrogen-bond acceptors (Lipinski definition) is 2. The van der Waals surface area contributed by atoms with E-state index in [1.54, 1.807) is 0 Å². The fraction of sp³-hybridized carbons (Fsp3) is 0.652. The Morgan fingerprint density at radius 2 is 1.90 bits per heavy atom. The molecule has 6 heteroatoms. The normalized spacial score (nSPS) is 22.6. The minimum absolute atomic E-state index is 0.00193. The van der Waals surface area contributed by atoms with E-state index < -0.39 is 0 Å². The van der Waals surface area contributed by atoms with E-state index in [9.17, 15) is 4.79 Å². The third-order valence-corrected chi connectivity index (χ3v) is 6.31. The van der Waals surface area contributed by atoms with Gasteiger partial charge in [-0.3, -0.25) is 4.99 Å². The van der Waals surface area contributed by atoms with E-state index in [1.807, 2.05) is 30.1 Å². The molecule has 2 amide bonds. The van der Waals surface area contributed by atoms with Crippen LogP contribution in [0.4, 0.5) is 10.5 Å². The number of anilines is 1. The van der Waals surface area contributed by atoms with Crippen molar-refractivity contribution in [2.45, 2.75) is 65.0 Å². The lowest BCUT2D eigenvalue weighted by Crippen LogP contribution is -2.44. The van der Waals surface area contributed by atoms with E-state index in [0.29, 0.717) is 12.6 Å². The van der Waals surface area contributed by atoms with Crippen LogP contribution in [0.15, 0.2) is 29.3 Å². The van der Waals surface area contributed by atoms with E-state index in [2.05, 4.69) is 40.9 Å². The topological polar surface area (TPSA) is 68.8 Å². The number of urea groups is 1. The van der Waals surface area contributed by atoms with Gasteiger partial charge in [0.15, 0.2) is 5.96 Å². The van der Waals surface area contributed by atoms with Crippen LogP contribution in [-0.4, -0.2) is 43.1 Å². The summed E-state index contributed by atoms with van der Waals surface area (Å²) in [5, 5.41) is 10.0. The Kier molecular flexibility index (Phi) is 7.78. The molecular formula is C23H37N5O. The third-order valence-electron chi connectivity index (χ3n) is 6.31. The van der Waals surface area contributed by atoms with Gasteiger partial charge < -0.3 is 20.9 Å². The number of aliphatic imine (C=N–C) groups is 1. The molecule has 160 valence electrons. The molecule has 1 saturated carbocycles. The Labute approximate surface area is 175 Å². The second kappa shape index (κ2) is 10.5. The predicted molar refractivity (Wildman–Crippen MR) is 120 cm³/mol. The highest BCUT2D eigenvalue weighted by molar-refractivity contribution is 5.89. The Hall–Kier alpha value is -2.24. The molecule has 2 aliphatic rings. The van der Waals surface area contributed by atoms with Crippen molar-refractivity contribution in [2.75, 3.05) is 25.5 Å². The van der Waals surface area contributed by atoms with E-state index >= 15 is 0 Å². The molecule has 1 aromatic rings. The molecule has 1 aliphatic carbocycles. The minimum atomic E-state index is 0.00193. The highest BCUT2D eigenvalue weighted by atomic mass is 16.2. The summed E-state index contributed by atoms with van der Waals surface area (Å²) < 4.78 is 0. The first-order valence-corrected chi connectivity index (χ1v) is 11.2. The molecule has 0 unspecified atom stereocenters. The molecule has 0 aromatic heterocycles. The van der Waals surface area contributed by atoms with Crippen LogP contribution < -0.4 is 16.0 Å². The number of benzene rings is 1. The van der Waals surface area contributed by atoms with Gasteiger partial charge in [0.05, 0.1) is 0 Å². The molecule has 0 radical (unpaired) electrons. The van der Waals surface area contributed by atoms with Crippen LogP contribution in [0, 0.1) is 11.8 Å². The van der Waals surface area contributed by atoms with Gasteiger partial charge in [-0.2, -0.15) is 0 Å².